The number of benzene rings is 1. The Balaban J connectivity index is 2.15. The average Bonchev–Trinajstić information content (AvgIpc) is 3.02. The molecule has 0 saturated heterocycles. The number of hydrogen-bond acceptors (Lipinski definition) is 4. The van der Waals surface area contributed by atoms with E-state index in [1.54, 1.807) is 50.2 Å². The van der Waals surface area contributed by atoms with E-state index in [2.05, 4.69) is 0 Å². The van der Waals surface area contributed by atoms with Gasteiger partial charge in [-0.1, -0.05) is 40.5 Å². The van der Waals surface area contributed by atoms with Crippen molar-refractivity contribution in [1.29, 1.82) is 0 Å². The summed E-state index contributed by atoms with van der Waals surface area (Å²) < 4.78 is 11.9. The van der Waals surface area contributed by atoms with Crippen LogP contribution in [0.4, 0.5) is 4.79 Å². The molecule has 1 aromatic carbocycles. The van der Waals surface area contributed by atoms with Crippen LogP contribution < -0.4 is 9.67 Å². The topological polar surface area (TPSA) is 66.4 Å². The van der Waals surface area contributed by atoms with Crippen molar-refractivity contribution in [2.24, 2.45) is 0 Å². The lowest BCUT2D eigenvalue weighted by Gasteiger charge is -2.20. The van der Waals surface area contributed by atoms with E-state index < -0.39 is 12.2 Å². The molecule has 3 rings (SSSR count). The number of furan rings is 1. The van der Waals surface area contributed by atoms with Crippen LogP contribution in [0.25, 0.3) is 11.0 Å². The maximum atomic E-state index is 13.0. The number of fused-ring (bicyclic) bond motifs is 1. The Morgan fingerprint density at radius 1 is 1.17 bits per heavy atom. The van der Waals surface area contributed by atoms with E-state index in [9.17, 15) is 9.90 Å². The Bertz CT molecular complexity index is 823. The third-order valence-electron chi connectivity index (χ3n) is 3.49. The minimum absolute atomic E-state index is 0.273. The zero-order chi connectivity index (χ0) is 16.4. The number of carbonyl (C=O) groups is 1. The molecular weight excluding hydrogens is 294 g/mol. The highest BCUT2D eigenvalue weighted by molar-refractivity contribution is 5.80. The molecule has 0 radical (unpaired) electrons. The molecule has 5 nitrogen and oxygen atoms in total. The number of rotatable bonds is 3. The van der Waals surface area contributed by atoms with Gasteiger partial charge in [-0.2, -0.15) is 4.79 Å². The second-order valence-electron chi connectivity index (χ2n) is 5.49. The Kier molecular flexibility index (Phi) is 4.12. The largest absolute Gasteiger partial charge is 0.841 e. The Labute approximate surface area is 133 Å². The molecule has 1 atom stereocenters. The van der Waals surface area contributed by atoms with Crippen molar-refractivity contribution in [3.63, 3.8) is 0 Å². The van der Waals surface area contributed by atoms with Gasteiger partial charge < -0.3 is 14.3 Å². The van der Waals surface area contributed by atoms with E-state index >= 15 is 0 Å². The van der Waals surface area contributed by atoms with Crippen LogP contribution in [0.3, 0.4) is 0 Å². The quantitative estimate of drug-likeness (QED) is 0.697. The highest BCUT2D eigenvalue weighted by Gasteiger charge is 2.28. The fourth-order valence-electron chi connectivity index (χ4n) is 2.48. The maximum absolute atomic E-state index is 13.0. The molecule has 0 aliphatic heterocycles. The fraction of sp³-hybridized carbons (Fsp3) is 0.222. The van der Waals surface area contributed by atoms with Gasteiger partial charge in [-0.15, -0.1) is 0 Å². The lowest BCUT2D eigenvalue weighted by Crippen LogP contribution is -2.50. The Hall–Kier alpha value is -2.66. The molecule has 1 unspecified atom stereocenters. The van der Waals surface area contributed by atoms with Crippen LogP contribution in [-0.4, -0.2) is 12.2 Å². The van der Waals surface area contributed by atoms with E-state index in [0.717, 1.165) is 0 Å². The van der Waals surface area contributed by atoms with Gasteiger partial charge in [0, 0.05) is 6.07 Å². The minimum Gasteiger partial charge on any atom is -0.841 e. The van der Waals surface area contributed by atoms with E-state index in [1.165, 1.54) is 17.0 Å². The van der Waals surface area contributed by atoms with Gasteiger partial charge in [0.15, 0.2) is 11.9 Å². The normalized spacial score (nSPS) is 12.5. The molecule has 0 spiro atoms. The molecule has 0 aliphatic rings. The molecule has 0 bridgehead atoms. The van der Waals surface area contributed by atoms with Gasteiger partial charge in [0.2, 0.25) is 0 Å². The number of ether oxygens (including phenoxy) is 1. The van der Waals surface area contributed by atoms with Gasteiger partial charge in [0.05, 0.1) is 11.6 Å². The number of nitrogens with zero attached hydrogens (tertiary/aromatic N) is 1. The molecule has 0 amide bonds. The lowest BCUT2D eigenvalue weighted by molar-refractivity contribution is -0.613. The van der Waals surface area contributed by atoms with Crippen molar-refractivity contribution in [1.82, 2.24) is 0 Å². The molecule has 2 aromatic heterocycles. The summed E-state index contributed by atoms with van der Waals surface area (Å²) in [5.74, 6) is 0. The number of aromatic nitrogens is 1. The highest BCUT2D eigenvalue weighted by atomic mass is 16.6. The van der Waals surface area contributed by atoms with Crippen molar-refractivity contribution in [3.05, 3.63) is 66.2 Å². The van der Waals surface area contributed by atoms with Crippen LogP contribution in [0.5, 0.6) is 0 Å². The first kappa shape index (κ1) is 15.2. The maximum Gasteiger partial charge on any atom is 0.602 e. The third kappa shape index (κ3) is 2.96. The van der Waals surface area contributed by atoms with Gasteiger partial charge >= 0.3 is 6.09 Å². The molecule has 0 N–H and O–H groups in total. The molecule has 0 saturated carbocycles. The first-order chi connectivity index (χ1) is 11.1. The predicted octanol–water partition coefficient (Wildman–Crippen LogP) is 2.56. The van der Waals surface area contributed by atoms with Crippen LogP contribution in [0.1, 0.15) is 31.2 Å². The molecule has 23 heavy (non-hydrogen) atoms. The SMILES string of the molecule is CC(C)OC(=O)[n+]1ccc2occc2c1C([O-])c1ccccc1. The van der Waals surface area contributed by atoms with Gasteiger partial charge in [-0.3, -0.25) is 0 Å². The summed E-state index contributed by atoms with van der Waals surface area (Å²) in [4.78, 5) is 12.3. The van der Waals surface area contributed by atoms with E-state index in [0.29, 0.717) is 22.2 Å². The standard InChI is InChI=1S/C18H17NO4/c1-12(2)23-18(21)19-10-8-15-14(9-11-22-15)16(19)17(20)13-6-4-3-5-7-13/h3-12,17H,1-2H3. The smallest absolute Gasteiger partial charge is 0.602 e. The van der Waals surface area contributed by atoms with E-state index in [4.69, 9.17) is 9.15 Å². The minimum atomic E-state index is -1.22. The summed E-state index contributed by atoms with van der Waals surface area (Å²) >= 11 is 0. The molecule has 0 aliphatic carbocycles. The molecule has 0 fully saturated rings. The van der Waals surface area contributed by atoms with Gasteiger partial charge in [0.1, 0.15) is 11.7 Å². The number of pyridine rings is 1. The summed E-state index contributed by atoms with van der Waals surface area (Å²) in [7, 11) is 0. The zero-order valence-electron chi connectivity index (χ0n) is 12.9. The molecule has 3 aromatic rings. The summed E-state index contributed by atoms with van der Waals surface area (Å²) in [6.07, 6.45) is 0.945. The van der Waals surface area contributed by atoms with Crippen molar-refractivity contribution >= 4 is 17.1 Å². The van der Waals surface area contributed by atoms with Gasteiger partial charge in [-0.25, -0.2) is 0 Å². The van der Waals surface area contributed by atoms with Crippen LogP contribution in [0.15, 0.2) is 59.3 Å². The van der Waals surface area contributed by atoms with Crippen molar-refractivity contribution in [2.75, 3.05) is 0 Å². The zero-order valence-corrected chi connectivity index (χ0v) is 12.9. The lowest BCUT2D eigenvalue weighted by atomic mass is 10.0. The average molecular weight is 311 g/mol. The summed E-state index contributed by atoms with van der Waals surface area (Å²) in [5.41, 5.74) is 1.45. The number of hydrogen-bond donors (Lipinski definition) is 0. The van der Waals surface area contributed by atoms with Gasteiger partial charge in [0.25, 0.3) is 0 Å². The first-order valence-electron chi connectivity index (χ1n) is 7.41. The fourth-order valence-corrected chi connectivity index (χ4v) is 2.48. The van der Waals surface area contributed by atoms with Crippen LogP contribution in [-0.2, 0) is 4.74 Å². The van der Waals surface area contributed by atoms with Crippen LogP contribution in [0.2, 0.25) is 0 Å². The monoisotopic (exact) mass is 311 g/mol. The Morgan fingerprint density at radius 2 is 1.91 bits per heavy atom. The van der Waals surface area contributed by atoms with E-state index in [-0.39, 0.29) is 6.10 Å². The molecule has 118 valence electrons. The second-order valence-corrected chi connectivity index (χ2v) is 5.49. The third-order valence-corrected chi connectivity index (χ3v) is 3.49. The molecule has 2 heterocycles. The Morgan fingerprint density at radius 3 is 2.61 bits per heavy atom. The molecule has 5 heteroatoms. The van der Waals surface area contributed by atoms with Crippen molar-refractivity contribution in [2.45, 2.75) is 26.1 Å². The van der Waals surface area contributed by atoms with Crippen molar-refractivity contribution < 1.29 is 23.6 Å². The first-order valence-corrected chi connectivity index (χ1v) is 7.41. The highest BCUT2D eigenvalue weighted by Crippen LogP contribution is 2.25. The predicted molar refractivity (Wildman–Crippen MR) is 81.7 cm³/mol. The van der Waals surface area contributed by atoms with Crippen LogP contribution in [0, 0.1) is 0 Å². The van der Waals surface area contributed by atoms with Gasteiger partial charge in [-0.05, 0) is 26.0 Å². The summed E-state index contributed by atoms with van der Waals surface area (Å²) in [6.45, 7) is 3.53. The molecular formula is C18H17NO4. The number of carbonyl (C=O) groups excluding carboxylic acids is 1. The summed E-state index contributed by atoms with van der Waals surface area (Å²) in [6, 6.07) is 12.3. The second kappa shape index (κ2) is 6.22. The summed E-state index contributed by atoms with van der Waals surface area (Å²) in [5, 5.41) is 13.6. The van der Waals surface area contributed by atoms with Crippen molar-refractivity contribution in [3.8, 4) is 0 Å². The van der Waals surface area contributed by atoms with E-state index in [1.807, 2.05) is 6.07 Å². The van der Waals surface area contributed by atoms with Crippen LogP contribution >= 0.6 is 0 Å².